The van der Waals surface area contributed by atoms with Gasteiger partial charge in [-0.25, -0.2) is 4.98 Å². The van der Waals surface area contributed by atoms with Crippen LogP contribution in [0.2, 0.25) is 0 Å². The SMILES string of the molecule is CSc1ncc(C(O)C(O)CC#N)c(=O)[nH]1. The lowest BCUT2D eigenvalue weighted by atomic mass is 10.1. The van der Waals surface area contributed by atoms with Gasteiger partial charge in [0.2, 0.25) is 0 Å². The Hall–Kier alpha value is -1.36. The Bertz CT molecular complexity index is 454. The monoisotopic (exact) mass is 241 g/mol. The molecule has 0 amide bonds. The highest BCUT2D eigenvalue weighted by molar-refractivity contribution is 7.98. The zero-order chi connectivity index (χ0) is 12.1. The number of aromatic nitrogens is 2. The van der Waals surface area contributed by atoms with Crippen LogP contribution in [0, 0.1) is 11.3 Å². The van der Waals surface area contributed by atoms with Gasteiger partial charge in [-0.1, -0.05) is 11.8 Å². The number of nitrogens with one attached hydrogen (secondary N) is 1. The van der Waals surface area contributed by atoms with E-state index in [2.05, 4.69) is 9.97 Å². The molecule has 1 aromatic rings. The third-order valence-corrected chi connectivity index (χ3v) is 2.57. The van der Waals surface area contributed by atoms with Crippen LogP contribution in [0.15, 0.2) is 16.1 Å². The van der Waals surface area contributed by atoms with Crippen molar-refractivity contribution >= 4 is 11.8 Å². The molecule has 0 aliphatic heterocycles. The number of aromatic amines is 1. The average molecular weight is 241 g/mol. The minimum atomic E-state index is -1.40. The molecule has 1 rings (SSSR count). The number of rotatable bonds is 4. The van der Waals surface area contributed by atoms with Gasteiger partial charge in [-0.15, -0.1) is 0 Å². The van der Waals surface area contributed by atoms with Gasteiger partial charge in [-0.2, -0.15) is 5.26 Å². The molecular weight excluding hydrogens is 230 g/mol. The summed E-state index contributed by atoms with van der Waals surface area (Å²) >= 11 is 1.26. The van der Waals surface area contributed by atoms with E-state index in [4.69, 9.17) is 5.26 Å². The first-order valence-electron chi connectivity index (χ1n) is 4.46. The number of aliphatic hydroxyl groups excluding tert-OH is 2. The van der Waals surface area contributed by atoms with E-state index in [1.165, 1.54) is 18.0 Å². The predicted octanol–water partition coefficient (Wildman–Crippen LogP) is -0.200. The smallest absolute Gasteiger partial charge is 0.257 e. The van der Waals surface area contributed by atoms with Gasteiger partial charge < -0.3 is 15.2 Å². The minimum absolute atomic E-state index is 0.0412. The Labute approximate surface area is 96.0 Å². The van der Waals surface area contributed by atoms with Crippen molar-refractivity contribution in [3.8, 4) is 6.07 Å². The molecule has 0 saturated carbocycles. The summed E-state index contributed by atoms with van der Waals surface area (Å²) in [6.07, 6.45) is 0.0273. The third kappa shape index (κ3) is 2.82. The van der Waals surface area contributed by atoms with Gasteiger partial charge in [0.25, 0.3) is 5.56 Å². The van der Waals surface area contributed by atoms with Gasteiger partial charge in [0.1, 0.15) is 6.10 Å². The second-order valence-electron chi connectivity index (χ2n) is 3.05. The first kappa shape index (κ1) is 12.7. The van der Waals surface area contributed by atoms with Crippen molar-refractivity contribution in [1.82, 2.24) is 9.97 Å². The van der Waals surface area contributed by atoms with Crippen LogP contribution in [0.3, 0.4) is 0 Å². The molecular formula is C9H11N3O3S. The summed E-state index contributed by atoms with van der Waals surface area (Å²) in [6.45, 7) is 0. The van der Waals surface area contributed by atoms with E-state index < -0.39 is 17.8 Å². The van der Waals surface area contributed by atoms with Gasteiger partial charge in [0.15, 0.2) is 5.16 Å². The maximum atomic E-state index is 11.5. The Morgan fingerprint density at radius 3 is 2.88 bits per heavy atom. The van der Waals surface area contributed by atoms with E-state index in [0.717, 1.165) is 0 Å². The molecule has 3 N–H and O–H groups in total. The van der Waals surface area contributed by atoms with Crippen molar-refractivity contribution in [2.75, 3.05) is 6.26 Å². The Kier molecular flexibility index (Phi) is 4.49. The molecule has 6 nitrogen and oxygen atoms in total. The van der Waals surface area contributed by atoms with Gasteiger partial charge >= 0.3 is 0 Å². The second kappa shape index (κ2) is 5.65. The molecule has 86 valence electrons. The molecule has 1 heterocycles. The van der Waals surface area contributed by atoms with Crippen LogP contribution in [0.1, 0.15) is 18.1 Å². The Balaban J connectivity index is 2.97. The van der Waals surface area contributed by atoms with Crippen molar-refractivity contribution in [2.45, 2.75) is 23.8 Å². The highest BCUT2D eigenvalue weighted by atomic mass is 32.2. The second-order valence-corrected chi connectivity index (χ2v) is 3.85. The highest BCUT2D eigenvalue weighted by Crippen LogP contribution is 2.15. The molecule has 0 saturated heterocycles. The van der Waals surface area contributed by atoms with Crippen molar-refractivity contribution in [2.24, 2.45) is 0 Å². The molecule has 7 heteroatoms. The molecule has 2 unspecified atom stereocenters. The molecule has 1 aromatic heterocycles. The Morgan fingerprint density at radius 1 is 1.69 bits per heavy atom. The molecule has 0 radical (unpaired) electrons. The molecule has 0 aromatic carbocycles. The molecule has 2 atom stereocenters. The van der Waals surface area contributed by atoms with Crippen molar-refractivity contribution in [3.05, 3.63) is 22.1 Å². The maximum absolute atomic E-state index is 11.5. The van der Waals surface area contributed by atoms with Crippen LogP contribution in [0.5, 0.6) is 0 Å². The summed E-state index contributed by atoms with van der Waals surface area (Å²) in [5.74, 6) is 0. The topological polar surface area (TPSA) is 110 Å². The summed E-state index contributed by atoms with van der Waals surface area (Å²) in [6, 6.07) is 1.71. The lowest BCUT2D eigenvalue weighted by Gasteiger charge is -2.14. The van der Waals surface area contributed by atoms with Gasteiger partial charge in [0.05, 0.1) is 24.2 Å². The van der Waals surface area contributed by atoms with Crippen LogP contribution in [-0.2, 0) is 0 Å². The van der Waals surface area contributed by atoms with Gasteiger partial charge in [0, 0.05) is 6.20 Å². The lowest BCUT2D eigenvalue weighted by molar-refractivity contribution is 0.0204. The van der Waals surface area contributed by atoms with Crippen molar-refractivity contribution in [3.63, 3.8) is 0 Å². The van der Waals surface area contributed by atoms with Crippen molar-refractivity contribution < 1.29 is 10.2 Å². The zero-order valence-corrected chi connectivity index (χ0v) is 9.36. The minimum Gasteiger partial charge on any atom is -0.389 e. The largest absolute Gasteiger partial charge is 0.389 e. The molecule has 16 heavy (non-hydrogen) atoms. The summed E-state index contributed by atoms with van der Waals surface area (Å²) in [5.41, 5.74) is -0.551. The van der Waals surface area contributed by atoms with E-state index in [1.54, 1.807) is 12.3 Å². The lowest BCUT2D eigenvalue weighted by Crippen LogP contribution is -2.25. The van der Waals surface area contributed by atoms with Crippen LogP contribution in [0.4, 0.5) is 0 Å². The molecule has 0 fully saturated rings. The predicted molar refractivity (Wildman–Crippen MR) is 57.8 cm³/mol. The van der Waals surface area contributed by atoms with Crippen molar-refractivity contribution in [1.29, 1.82) is 5.26 Å². The summed E-state index contributed by atoms with van der Waals surface area (Å²) in [4.78, 5) is 17.8. The van der Waals surface area contributed by atoms with Crippen LogP contribution < -0.4 is 5.56 Å². The Morgan fingerprint density at radius 2 is 2.38 bits per heavy atom. The molecule has 0 spiro atoms. The fourth-order valence-corrected chi connectivity index (χ4v) is 1.47. The standard InChI is InChI=1S/C9H11N3O3S/c1-16-9-11-4-5(8(15)12-9)7(14)6(13)2-3-10/h4,6-7,13-14H,2H2,1H3,(H,11,12,15). The number of H-pyrrole nitrogens is 1. The molecule has 0 aliphatic rings. The van der Waals surface area contributed by atoms with E-state index in [1.807, 2.05) is 0 Å². The third-order valence-electron chi connectivity index (χ3n) is 1.98. The van der Waals surface area contributed by atoms with Crippen LogP contribution in [-0.4, -0.2) is 32.5 Å². The fourth-order valence-electron chi connectivity index (χ4n) is 1.12. The normalized spacial score (nSPS) is 14.1. The number of hydrogen-bond acceptors (Lipinski definition) is 6. The van der Waals surface area contributed by atoms with Gasteiger partial charge in [-0.05, 0) is 6.26 Å². The number of aliphatic hydroxyl groups is 2. The summed E-state index contributed by atoms with van der Waals surface area (Å²) in [5, 5.41) is 27.7. The maximum Gasteiger partial charge on any atom is 0.257 e. The van der Waals surface area contributed by atoms with E-state index in [9.17, 15) is 15.0 Å². The first-order chi connectivity index (χ1) is 7.60. The quantitative estimate of drug-likeness (QED) is 0.497. The summed E-state index contributed by atoms with van der Waals surface area (Å²) < 4.78 is 0. The van der Waals surface area contributed by atoms with E-state index >= 15 is 0 Å². The first-order valence-corrected chi connectivity index (χ1v) is 5.69. The van der Waals surface area contributed by atoms with E-state index in [-0.39, 0.29) is 12.0 Å². The zero-order valence-electron chi connectivity index (χ0n) is 8.54. The van der Waals surface area contributed by atoms with E-state index in [0.29, 0.717) is 5.16 Å². The number of hydrogen-bond donors (Lipinski definition) is 3. The number of nitrogens with zero attached hydrogens (tertiary/aromatic N) is 2. The summed E-state index contributed by atoms with van der Waals surface area (Å²) in [7, 11) is 0. The van der Waals surface area contributed by atoms with Gasteiger partial charge in [-0.3, -0.25) is 4.79 Å². The fraction of sp³-hybridized carbons (Fsp3) is 0.444. The molecule has 0 aliphatic carbocycles. The average Bonchev–Trinajstić information content (AvgIpc) is 2.28. The number of thioether (sulfide) groups is 1. The van der Waals surface area contributed by atoms with Crippen LogP contribution >= 0.6 is 11.8 Å². The molecule has 0 bridgehead atoms. The van der Waals surface area contributed by atoms with Crippen LogP contribution in [0.25, 0.3) is 0 Å². The highest BCUT2D eigenvalue weighted by Gasteiger charge is 2.21. The number of nitriles is 1.